The normalized spacial score (nSPS) is 8.69. The minimum atomic E-state index is -0.883. The van der Waals surface area contributed by atoms with Gasteiger partial charge in [-0.25, -0.2) is 4.79 Å². The first kappa shape index (κ1) is 21.3. The molecule has 0 aromatic heterocycles. The molecule has 92 valence electrons. The van der Waals surface area contributed by atoms with Gasteiger partial charge in [0, 0.05) is 6.61 Å². The van der Waals surface area contributed by atoms with Gasteiger partial charge in [0.15, 0.2) is 0 Å². The van der Waals surface area contributed by atoms with Crippen molar-refractivity contribution in [1.29, 1.82) is 0 Å². The van der Waals surface area contributed by atoms with E-state index in [-0.39, 0.29) is 25.5 Å². The second-order valence-corrected chi connectivity index (χ2v) is 3.21. The standard InChI is InChI=1S/C10H20O3.C2H5.Li/c1-2-3-4-5-6-7-8-13-9-10(11)12;1-2;/h2-9H2,1H3,(H,11,12);1H2,2H3;/q;-1;+1. The summed E-state index contributed by atoms with van der Waals surface area (Å²) in [6.07, 6.45) is 7.22. The van der Waals surface area contributed by atoms with Crippen LogP contribution in [0.2, 0.25) is 0 Å². The average molecular weight is 224 g/mol. The van der Waals surface area contributed by atoms with Crippen LogP contribution >= 0.6 is 0 Å². The van der Waals surface area contributed by atoms with Gasteiger partial charge in [-0.2, -0.15) is 6.92 Å². The number of carboxylic acids is 1. The second kappa shape index (κ2) is 20.4. The van der Waals surface area contributed by atoms with Gasteiger partial charge in [-0.3, -0.25) is 0 Å². The molecule has 3 nitrogen and oxygen atoms in total. The number of rotatable bonds is 9. The Bertz CT molecular complexity index is 129. The molecular formula is C12H25LiO3. The quantitative estimate of drug-likeness (QED) is 0.348. The van der Waals surface area contributed by atoms with Crippen LogP contribution in [-0.4, -0.2) is 24.3 Å². The summed E-state index contributed by atoms with van der Waals surface area (Å²) in [7, 11) is 0. The molecule has 0 amide bonds. The first-order valence-electron chi connectivity index (χ1n) is 5.77. The molecule has 0 heterocycles. The smallest absolute Gasteiger partial charge is 0.480 e. The molecule has 0 radical (unpaired) electrons. The van der Waals surface area contributed by atoms with Crippen molar-refractivity contribution < 1.29 is 33.5 Å². The molecule has 0 atom stereocenters. The molecule has 1 N–H and O–H groups in total. The first-order chi connectivity index (χ1) is 7.27. The van der Waals surface area contributed by atoms with Crippen LogP contribution in [0.5, 0.6) is 0 Å². The fraction of sp³-hybridized carbons (Fsp3) is 0.833. The van der Waals surface area contributed by atoms with Crippen molar-refractivity contribution in [3.05, 3.63) is 6.92 Å². The zero-order valence-electron chi connectivity index (χ0n) is 11.1. The molecular weight excluding hydrogens is 199 g/mol. The summed E-state index contributed by atoms with van der Waals surface area (Å²) in [6.45, 7) is 7.61. The summed E-state index contributed by atoms with van der Waals surface area (Å²) >= 11 is 0. The van der Waals surface area contributed by atoms with Crippen LogP contribution in [0.3, 0.4) is 0 Å². The van der Waals surface area contributed by atoms with E-state index < -0.39 is 5.97 Å². The minimum absolute atomic E-state index is 0. The summed E-state index contributed by atoms with van der Waals surface area (Å²) in [5.74, 6) is -0.883. The van der Waals surface area contributed by atoms with Crippen molar-refractivity contribution >= 4 is 5.97 Å². The van der Waals surface area contributed by atoms with E-state index in [1.807, 2.05) is 0 Å². The Hall–Kier alpha value is 0.0274. The molecule has 0 bridgehead atoms. The Balaban J connectivity index is -0.000000529. The van der Waals surface area contributed by atoms with Crippen LogP contribution in [0.15, 0.2) is 0 Å². The van der Waals surface area contributed by atoms with Crippen molar-refractivity contribution in [3.63, 3.8) is 0 Å². The van der Waals surface area contributed by atoms with Gasteiger partial charge in [0.2, 0.25) is 0 Å². The van der Waals surface area contributed by atoms with E-state index >= 15 is 0 Å². The number of hydrogen-bond donors (Lipinski definition) is 1. The van der Waals surface area contributed by atoms with E-state index in [0.717, 1.165) is 12.8 Å². The third kappa shape index (κ3) is 23.7. The van der Waals surface area contributed by atoms with E-state index in [1.165, 1.54) is 25.7 Å². The zero-order valence-corrected chi connectivity index (χ0v) is 11.1. The summed E-state index contributed by atoms with van der Waals surface area (Å²) in [6, 6.07) is 0. The van der Waals surface area contributed by atoms with Gasteiger partial charge in [0.05, 0.1) is 0 Å². The molecule has 0 fully saturated rings. The van der Waals surface area contributed by atoms with Crippen LogP contribution in [0.4, 0.5) is 0 Å². The van der Waals surface area contributed by atoms with Gasteiger partial charge in [-0.05, 0) is 6.42 Å². The summed E-state index contributed by atoms with van der Waals surface area (Å²) < 4.78 is 4.90. The predicted molar refractivity (Wildman–Crippen MR) is 62.9 cm³/mol. The molecule has 0 aromatic carbocycles. The number of carboxylic acid groups (broad SMARTS) is 1. The van der Waals surface area contributed by atoms with Crippen molar-refractivity contribution in [2.75, 3.05) is 13.2 Å². The fourth-order valence-corrected chi connectivity index (χ4v) is 1.14. The maximum Gasteiger partial charge on any atom is 1.00 e. The molecule has 0 unspecified atom stereocenters. The Morgan fingerprint density at radius 3 is 2.12 bits per heavy atom. The fourth-order valence-electron chi connectivity index (χ4n) is 1.14. The summed E-state index contributed by atoms with van der Waals surface area (Å²) in [5.41, 5.74) is 0. The number of aliphatic carboxylic acids is 1. The molecule has 0 aliphatic heterocycles. The second-order valence-electron chi connectivity index (χ2n) is 3.21. The van der Waals surface area contributed by atoms with Gasteiger partial charge in [0.25, 0.3) is 0 Å². The van der Waals surface area contributed by atoms with Crippen molar-refractivity contribution in [1.82, 2.24) is 0 Å². The van der Waals surface area contributed by atoms with E-state index in [1.54, 1.807) is 6.92 Å². The molecule has 4 heteroatoms. The Kier molecular flexibility index (Phi) is 27.2. The maximum atomic E-state index is 10.0. The molecule has 0 aliphatic rings. The number of unbranched alkanes of at least 4 members (excludes halogenated alkanes) is 5. The largest absolute Gasteiger partial charge is 1.00 e. The Morgan fingerprint density at radius 1 is 1.12 bits per heavy atom. The van der Waals surface area contributed by atoms with Gasteiger partial charge in [-0.1, -0.05) is 39.0 Å². The minimum Gasteiger partial charge on any atom is -0.480 e. The Labute approximate surface area is 112 Å². The third-order valence-electron chi connectivity index (χ3n) is 1.87. The van der Waals surface area contributed by atoms with Crippen LogP contribution < -0.4 is 18.9 Å². The molecule has 0 spiro atoms. The number of hydrogen-bond acceptors (Lipinski definition) is 2. The maximum absolute atomic E-state index is 10.0. The predicted octanol–water partition coefficient (Wildman–Crippen LogP) is 0.292. The number of ether oxygens (including phenoxy) is 1. The molecule has 0 aromatic rings. The van der Waals surface area contributed by atoms with Gasteiger partial charge >= 0.3 is 24.8 Å². The van der Waals surface area contributed by atoms with Gasteiger partial charge < -0.3 is 16.8 Å². The van der Waals surface area contributed by atoms with E-state index in [4.69, 9.17) is 9.84 Å². The van der Waals surface area contributed by atoms with Crippen LogP contribution in [0.25, 0.3) is 0 Å². The monoisotopic (exact) mass is 224 g/mol. The average Bonchev–Trinajstić information content (AvgIpc) is 2.24. The zero-order chi connectivity index (χ0) is 11.9. The van der Waals surface area contributed by atoms with E-state index in [9.17, 15) is 4.79 Å². The number of carbonyl (C=O) groups is 1. The van der Waals surface area contributed by atoms with E-state index in [2.05, 4.69) is 13.8 Å². The van der Waals surface area contributed by atoms with Gasteiger partial charge in [0.1, 0.15) is 6.61 Å². The van der Waals surface area contributed by atoms with Crippen LogP contribution in [0, 0.1) is 6.92 Å². The first-order valence-corrected chi connectivity index (χ1v) is 5.77. The molecule has 0 aliphatic carbocycles. The van der Waals surface area contributed by atoms with Crippen molar-refractivity contribution in [2.45, 2.75) is 52.4 Å². The summed E-state index contributed by atoms with van der Waals surface area (Å²) in [4.78, 5) is 10.0. The summed E-state index contributed by atoms with van der Waals surface area (Å²) in [5, 5.41) is 8.26. The molecule has 0 saturated heterocycles. The van der Waals surface area contributed by atoms with Crippen molar-refractivity contribution in [2.24, 2.45) is 0 Å². The van der Waals surface area contributed by atoms with Crippen LogP contribution in [-0.2, 0) is 9.53 Å². The SMILES string of the molecule is CCCCCCCCOCC(=O)O.[CH2-]C.[Li+]. The third-order valence-corrected chi connectivity index (χ3v) is 1.87. The Morgan fingerprint density at radius 2 is 1.62 bits per heavy atom. The molecule has 0 rings (SSSR count). The van der Waals surface area contributed by atoms with Gasteiger partial charge in [-0.15, -0.1) is 0 Å². The van der Waals surface area contributed by atoms with Crippen molar-refractivity contribution in [3.8, 4) is 0 Å². The van der Waals surface area contributed by atoms with Crippen LogP contribution in [0.1, 0.15) is 52.4 Å². The molecule has 16 heavy (non-hydrogen) atoms. The molecule has 0 saturated carbocycles. The van der Waals surface area contributed by atoms with E-state index in [0.29, 0.717) is 6.61 Å². The topological polar surface area (TPSA) is 46.5 Å².